The van der Waals surface area contributed by atoms with Gasteiger partial charge in [-0.3, -0.25) is 0 Å². The number of rotatable bonds is 1. The maximum atomic E-state index is 13.4. The molecule has 0 amide bonds. The molecule has 2 nitrogen and oxygen atoms in total. The van der Waals surface area contributed by atoms with Crippen LogP contribution in [-0.4, -0.2) is 13.2 Å². The zero-order valence-electron chi connectivity index (χ0n) is 8.92. The Hall–Kier alpha value is -0.930. The first-order valence-corrected chi connectivity index (χ1v) is 4.97. The maximum absolute atomic E-state index is 13.4. The van der Waals surface area contributed by atoms with Crippen LogP contribution >= 0.6 is 0 Å². The van der Waals surface area contributed by atoms with Crippen molar-refractivity contribution < 1.29 is 13.9 Å². The molecule has 1 aliphatic heterocycles. The zero-order valence-corrected chi connectivity index (χ0v) is 8.92. The molecule has 2 rings (SSSR count). The van der Waals surface area contributed by atoms with E-state index in [2.05, 4.69) is 19.9 Å². The number of hydrogen-bond donors (Lipinski definition) is 0. The van der Waals surface area contributed by atoms with E-state index in [1.54, 1.807) is 6.07 Å². The summed E-state index contributed by atoms with van der Waals surface area (Å²) in [5.74, 6) is -0.307. The molecule has 0 saturated carbocycles. The Morgan fingerprint density at radius 3 is 2.67 bits per heavy atom. The van der Waals surface area contributed by atoms with Crippen molar-refractivity contribution in [1.29, 1.82) is 0 Å². The molecule has 1 saturated heterocycles. The largest absolute Gasteiger partial charge is 0.348 e. The van der Waals surface area contributed by atoms with Crippen molar-refractivity contribution in [1.82, 2.24) is 0 Å². The average molecular weight is 209 g/mol. The normalized spacial score (nSPS) is 21.5. The summed E-state index contributed by atoms with van der Waals surface area (Å²) in [6, 6.07) is 7.28. The number of benzene rings is 1. The summed E-state index contributed by atoms with van der Waals surface area (Å²) in [5.41, 5.74) is 0.430. The predicted octanol–water partition coefficient (Wildman–Crippen LogP) is 2.70. The minimum absolute atomic E-state index is 0.00543. The molecule has 1 aliphatic rings. The van der Waals surface area contributed by atoms with Crippen LogP contribution in [0.1, 0.15) is 25.7 Å². The summed E-state index contributed by atoms with van der Waals surface area (Å²) >= 11 is 0. The highest BCUT2D eigenvalue weighted by Crippen LogP contribution is 2.31. The topological polar surface area (TPSA) is 18.5 Å². The van der Waals surface area contributed by atoms with Crippen LogP contribution in [0.25, 0.3) is 0 Å². The van der Waals surface area contributed by atoms with Crippen LogP contribution in [0.4, 0.5) is 4.39 Å². The summed E-state index contributed by atoms with van der Waals surface area (Å²) in [7, 11) is 0. The first-order valence-electron chi connectivity index (χ1n) is 4.97. The van der Waals surface area contributed by atoms with E-state index in [9.17, 15) is 4.39 Å². The molecule has 0 spiro atoms. The van der Waals surface area contributed by atoms with E-state index in [-0.39, 0.29) is 11.2 Å². The summed E-state index contributed by atoms with van der Waals surface area (Å²) in [4.78, 5) is 0. The molecule has 0 N–H and O–H groups in total. The molecule has 1 aromatic carbocycles. The third kappa shape index (κ3) is 2.36. The molecule has 1 radical (unpaired) electrons. The second kappa shape index (κ2) is 3.91. The van der Waals surface area contributed by atoms with Crippen molar-refractivity contribution in [3.8, 4) is 0 Å². The third-order valence-electron chi connectivity index (χ3n) is 2.35. The van der Waals surface area contributed by atoms with Crippen LogP contribution in [0.3, 0.4) is 0 Å². The van der Waals surface area contributed by atoms with Gasteiger partial charge in [0.2, 0.25) is 0 Å². The van der Waals surface area contributed by atoms with Gasteiger partial charge in [-0.15, -0.1) is 0 Å². The minimum atomic E-state index is -0.588. The fraction of sp³-hybridized carbons (Fsp3) is 0.500. The Morgan fingerprint density at radius 1 is 1.40 bits per heavy atom. The lowest BCUT2D eigenvalue weighted by atomic mass is 9.95. The lowest BCUT2D eigenvalue weighted by Crippen LogP contribution is -2.34. The molecule has 0 aromatic heterocycles. The summed E-state index contributed by atoms with van der Waals surface area (Å²) in [6.45, 7) is 5.26. The van der Waals surface area contributed by atoms with E-state index in [0.29, 0.717) is 18.8 Å². The van der Waals surface area contributed by atoms with Crippen molar-refractivity contribution in [2.45, 2.75) is 20.1 Å². The average Bonchev–Trinajstić information content (AvgIpc) is 2.19. The molecule has 81 valence electrons. The van der Waals surface area contributed by atoms with Crippen LogP contribution in [0, 0.1) is 17.3 Å². The van der Waals surface area contributed by atoms with Gasteiger partial charge in [0, 0.05) is 11.0 Å². The molecule has 0 aliphatic carbocycles. The Labute approximate surface area is 89.0 Å². The predicted molar refractivity (Wildman–Crippen MR) is 53.7 cm³/mol. The van der Waals surface area contributed by atoms with Gasteiger partial charge in [0.15, 0.2) is 6.29 Å². The van der Waals surface area contributed by atoms with Gasteiger partial charge in [-0.05, 0) is 18.2 Å². The van der Waals surface area contributed by atoms with Crippen molar-refractivity contribution in [3.63, 3.8) is 0 Å². The second-order valence-corrected chi connectivity index (χ2v) is 4.57. The Kier molecular flexibility index (Phi) is 2.76. The van der Waals surface area contributed by atoms with Crippen molar-refractivity contribution in [2.75, 3.05) is 13.2 Å². The molecule has 3 heteroatoms. The van der Waals surface area contributed by atoms with Gasteiger partial charge in [-0.1, -0.05) is 19.9 Å². The Morgan fingerprint density at radius 2 is 2.07 bits per heavy atom. The molecule has 1 heterocycles. The van der Waals surface area contributed by atoms with E-state index in [4.69, 9.17) is 9.47 Å². The summed E-state index contributed by atoms with van der Waals surface area (Å²) in [6.07, 6.45) is -0.588. The van der Waals surface area contributed by atoms with Gasteiger partial charge in [0.25, 0.3) is 0 Å². The van der Waals surface area contributed by atoms with Crippen LogP contribution in [0.15, 0.2) is 18.2 Å². The van der Waals surface area contributed by atoms with Crippen LogP contribution < -0.4 is 0 Å². The smallest absolute Gasteiger partial charge is 0.186 e. The van der Waals surface area contributed by atoms with Gasteiger partial charge in [0.05, 0.1) is 13.2 Å². The fourth-order valence-corrected chi connectivity index (χ4v) is 1.48. The van der Waals surface area contributed by atoms with Crippen molar-refractivity contribution in [2.24, 2.45) is 5.41 Å². The summed E-state index contributed by atoms with van der Waals surface area (Å²) in [5, 5.41) is 0. The molecular weight excluding hydrogens is 195 g/mol. The van der Waals surface area contributed by atoms with Gasteiger partial charge in [-0.2, -0.15) is 0 Å². The number of halogens is 1. The Balaban J connectivity index is 2.11. The highest BCUT2D eigenvalue weighted by atomic mass is 19.1. The van der Waals surface area contributed by atoms with E-state index >= 15 is 0 Å². The monoisotopic (exact) mass is 209 g/mol. The van der Waals surface area contributed by atoms with E-state index in [1.165, 1.54) is 12.1 Å². The van der Waals surface area contributed by atoms with Crippen LogP contribution in [0.2, 0.25) is 0 Å². The van der Waals surface area contributed by atoms with Crippen molar-refractivity contribution >= 4 is 0 Å². The number of hydrogen-bond acceptors (Lipinski definition) is 2. The number of ether oxygens (including phenoxy) is 2. The van der Waals surface area contributed by atoms with Gasteiger partial charge >= 0.3 is 0 Å². The van der Waals surface area contributed by atoms with E-state index < -0.39 is 6.29 Å². The first kappa shape index (κ1) is 10.6. The zero-order chi connectivity index (χ0) is 10.9. The van der Waals surface area contributed by atoms with Crippen molar-refractivity contribution in [3.05, 3.63) is 35.6 Å². The standard InChI is InChI=1S/C12H14FO2/c1-12(2)7-14-11(15-8-12)9-5-3-4-6-10(9)13/h4-6,11H,7-8H2,1-2H3. The van der Waals surface area contributed by atoms with Gasteiger partial charge < -0.3 is 9.47 Å². The maximum Gasteiger partial charge on any atom is 0.186 e. The second-order valence-electron chi connectivity index (χ2n) is 4.57. The molecule has 1 fully saturated rings. The van der Waals surface area contributed by atoms with E-state index in [1.807, 2.05) is 0 Å². The molecule has 0 unspecified atom stereocenters. The molecule has 15 heavy (non-hydrogen) atoms. The first-order chi connectivity index (χ1) is 7.08. The summed E-state index contributed by atoms with van der Waals surface area (Å²) < 4.78 is 24.3. The quantitative estimate of drug-likeness (QED) is 0.708. The van der Waals surface area contributed by atoms with Crippen LogP contribution in [0.5, 0.6) is 0 Å². The minimum Gasteiger partial charge on any atom is -0.348 e. The SMILES string of the molecule is CC1(C)COC(c2c[c]ccc2F)OC1. The molecular formula is C12H14FO2. The third-order valence-corrected chi connectivity index (χ3v) is 2.35. The molecule has 1 aromatic rings. The highest BCUT2D eigenvalue weighted by Gasteiger charge is 2.30. The van der Waals surface area contributed by atoms with Gasteiger partial charge in [0.1, 0.15) is 5.82 Å². The lowest BCUT2D eigenvalue weighted by Gasteiger charge is -2.34. The van der Waals surface area contributed by atoms with Gasteiger partial charge in [-0.25, -0.2) is 4.39 Å². The van der Waals surface area contributed by atoms with Crippen LogP contribution in [-0.2, 0) is 9.47 Å². The molecule has 0 atom stereocenters. The Bertz CT molecular complexity index is 339. The highest BCUT2D eigenvalue weighted by molar-refractivity contribution is 5.17. The fourth-order valence-electron chi connectivity index (χ4n) is 1.48. The van der Waals surface area contributed by atoms with E-state index in [0.717, 1.165) is 0 Å². The lowest BCUT2D eigenvalue weighted by molar-refractivity contribution is -0.227. The molecule has 0 bridgehead atoms.